The largest absolute Gasteiger partial charge is 0.469 e. The molecule has 2 atom stereocenters. The fraction of sp³-hybridized carbons (Fsp3) is 0.350. The summed E-state index contributed by atoms with van der Waals surface area (Å²) < 4.78 is 9.37. The molecular weight excluding hydrogens is 334 g/mol. The van der Waals surface area contributed by atoms with E-state index in [1.807, 2.05) is 42.5 Å². The Balaban J connectivity index is 2.07. The number of hydrogen-bond acceptors (Lipinski definition) is 5. The Bertz CT molecular complexity index is 802. The smallest absolute Gasteiger partial charge is 0.328 e. The van der Waals surface area contributed by atoms with Gasteiger partial charge < -0.3 is 14.8 Å². The molecule has 0 saturated heterocycles. The zero-order valence-corrected chi connectivity index (χ0v) is 15.2. The highest BCUT2D eigenvalue weighted by Crippen LogP contribution is 2.16. The molecule has 6 heteroatoms. The van der Waals surface area contributed by atoms with Crippen LogP contribution in [0.5, 0.6) is 0 Å². The minimum atomic E-state index is -0.910. The third-order valence-corrected chi connectivity index (χ3v) is 4.24. The predicted molar refractivity (Wildman–Crippen MR) is 97.4 cm³/mol. The van der Waals surface area contributed by atoms with Gasteiger partial charge in [-0.1, -0.05) is 49.4 Å². The molecular formula is C20H23NO5. The number of ether oxygens (including phenoxy) is 2. The summed E-state index contributed by atoms with van der Waals surface area (Å²) in [7, 11) is 2.52. The third-order valence-electron chi connectivity index (χ3n) is 4.24. The topological polar surface area (TPSA) is 81.7 Å². The highest BCUT2D eigenvalue weighted by Gasteiger charge is 2.29. The van der Waals surface area contributed by atoms with Crippen molar-refractivity contribution < 1.29 is 23.9 Å². The Morgan fingerprint density at radius 3 is 2.35 bits per heavy atom. The number of carbonyl (C=O) groups is 3. The molecule has 138 valence electrons. The molecule has 0 unspecified atom stereocenters. The summed E-state index contributed by atoms with van der Waals surface area (Å²) in [5, 5.41) is 4.81. The van der Waals surface area contributed by atoms with Crippen molar-refractivity contribution in [3.63, 3.8) is 0 Å². The van der Waals surface area contributed by atoms with E-state index in [-0.39, 0.29) is 18.7 Å². The van der Waals surface area contributed by atoms with E-state index >= 15 is 0 Å². The van der Waals surface area contributed by atoms with Crippen LogP contribution in [-0.4, -0.2) is 38.1 Å². The van der Waals surface area contributed by atoms with E-state index < -0.39 is 23.9 Å². The van der Waals surface area contributed by atoms with Gasteiger partial charge in [0.15, 0.2) is 0 Å². The van der Waals surface area contributed by atoms with Crippen LogP contribution in [0.3, 0.4) is 0 Å². The molecule has 0 spiro atoms. The average Bonchev–Trinajstić information content (AvgIpc) is 2.65. The number of amides is 1. The highest BCUT2D eigenvalue weighted by atomic mass is 16.5. The molecule has 0 aliphatic heterocycles. The number of hydrogen-bond donors (Lipinski definition) is 1. The van der Waals surface area contributed by atoms with E-state index in [9.17, 15) is 14.4 Å². The van der Waals surface area contributed by atoms with Gasteiger partial charge in [0.25, 0.3) is 0 Å². The third kappa shape index (κ3) is 5.05. The van der Waals surface area contributed by atoms with Crippen molar-refractivity contribution >= 4 is 28.6 Å². The van der Waals surface area contributed by atoms with E-state index in [1.54, 1.807) is 6.92 Å². The second-order valence-corrected chi connectivity index (χ2v) is 6.18. The van der Waals surface area contributed by atoms with E-state index in [0.717, 1.165) is 16.3 Å². The molecule has 2 aromatic carbocycles. The number of esters is 2. The van der Waals surface area contributed by atoms with Crippen molar-refractivity contribution in [1.29, 1.82) is 0 Å². The molecule has 1 N–H and O–H groups in total. The van der Waals surface area contributed by atoms with E-state index in [2.05, 4.69) is 10.1 Å². The van der Waals surface area contributed by atoms with Crippen molar-refractivity contribution in [2.24, 2.45) is 5.92 Å². The van der Waals surface area contributed by atoms with E-state index in [0.29, 0.717) is 0 Å². The maximum absolute atomic E-state index is 12.4. The summed E-state index contributed by atoms with van der Waals surface area (Å²) in [5.74, 6) is -1.80. The molecule has 2 rings (SSSR count). The maximum atomic E-state index is 12.4. The molecule has 0 radical (unpaired) electrons. The van der Waals surface area contributed by atoms with Crippen LogP contribution in [0.2, 0.25) is 0 Å². The van der Waals surface area contributed by atoms with Gasteiger partial charge in [-0.2, -0.15) is 0 Å². The van der Waals surface area contributed by atoms with Gasteiger partial charge in [-0.3, -0.25) is 9.59 Å². The number of nitrogens with one attached hydrogen (secondary N) is 1. The van der Waals surface area contributed by atoms with Gasteiger partial charge in [0.2, 0.25) is 5.91 Å². The second-order valence-electron chi connectivity index (χ2n) is 6.18. The molecule has 0 heterocycles. The lowest BCUT2D eigenvalue weighted by atomic mass is 9.97. The first-order chi connectivity index (χ1) is 12.4. The molecule has 26 heavy (non-hydrogen) atoms. The van der Waals surface area contributed by atoms with Crippen LogP contribution in [0.4, 0.5) is 0 Å². The maximum Gasteiger partial charge on any atom is 0.328 e. The summed E-state index contributed by atoms with van der Waals surface area (Å²) in [6.45, 7) is 1.69. The fourth-order valence-corrected chi connectivity index (χ4v) is 2.78. The van der Waals surface area contributed by atoms with Crippen LogP contribution >= 0.6 is 0 Å². The monoisotopic (exact) mass is 357 g/mol. The number of rotatable bonds is 7. The van der Waals surface area contributed by atoms with Crippen molar-refractivity contribution in [3.05, 3.63) is 48.0 Å². The number of benzene rings is 2. The van der Waals surface area contributed by atoms with Crippen LogP contribution in [0.25, 0.3) is 10.8 Å². The molecule has 0 saturated carbocycles. The van der Waals surface area contributed by atoms with Gasteiger partial charge >= 0.3 is 11.9 Å². The Kier molecular flexibility index (Phi) is 6.72. The lowest BCUT2D eigenvalue weighted by molar-refractivity contribution is -0.148. The highest BCUT2D eigenvalue weighted by molar-refractivity contribution is 5.88. The molecule has 0 aliphatic rings. The van der Waals surface area contributed by atoms with Crippen molar-refractivity contribution in [2.75, 3.05) is 14.2 Å². The van der Waals surface area contributed by atoms with Gasteiger partial charge in [-0.15, -0.1) is 0 Å². The first-order valence-corrected chi connectivity index (χ1v) is 8.36. The van der Waals surface area contributed by atoms with Crippen molar-refractivity contribution in [3.8, 4) is 0 Å². The van der Waals surface area contributed by atoms with E-state index in [4.69, 9.17) is 4.74 Å². The fourth-order valence-electron chi connectivity index (χ4n) is 2.78. The Hall–Kier alpha value is -2.89. The van der Waals surface area contributed by atoms with Gasteiger partial charge in [0.05, 0.1) is 27.1 Å². The first-order valence-electron chi connectivity index (χ1n) is 8.36. The van der Waals surface area contributed by atoms with E-state index in [1.165, 1.54) is 14.2 Å². The minimum absolute atomic E-state index is 0.00647. The number of carbonyl (C=O) groups excluding carboxylic acids is 3. The first kappa shape index (κ1) is 19.4. The molecule has 2 aromatic rings. The minimum Gasteiger partial charge on any atom is -0.469 e. The summed E-state index contributed by atoms with van der Waals surface area (Å²) in [5.41, 5.74) is 0.838. The van der Waals surface area contributed by atoms with Gasteiger partial charge in [-0.05, 0) is 22.3 Å². The standard InChI is InChI=1S/C20H23NO5/c1-13(10-18(23)25-2)19(20(24)26-3)21-17(22)12-14-8-9-15-6-4-5-7-16(15)11-14/h4-9,11,13,19H,10,12H2,1-3H3,(H,21,22)/t13-,19+/m0/s1. The zero-order valence-electron chi connectivity index (χ0n) is 15.2. The lowest BCUT2D eigenvalue weighted by Crippen LogP contribution is -2.46. The SMILES string of the molecule is COC(=O)C[C@H](C)[C@@H](NC(=O)Cc1ccc2ccccc2c1)C(=O)OC. The summed E-state index contributed by atoms with van der Waals surface area (Å²) >= 11 is 0. The Morgan fingerprint density at radius 1 is 1.00 bits per heavy atom. The molecule has 0 aromatic heterocycles. The molecule has 1 amide bonds. The summed E-state index contributed by atoms with van der Waals surface area (Å²) in [4.78, 5) is 35.9. The van der Waals surface area contributed by atoms with Crippen LogP contribution in [-0.2, 0) is 30.3 Å². The zero-order chi connectivity index (χ0) is 19.1. The second kappa shape index (κ2) is 8.99. The molecule has 0 bridgehead atoms. The number of fused-ring (bicyclic) bond motifs is 1. The number of methoxy groups -OCH3 is 2. The molecule has 0 aliphatic carbocycles. The van der Waals surface area contributed by atoms with Gasteiger partial charge in [0.1, 0.15) is 6.04 Å². The van der Waals surface area contributed by atoms with Crippen molar-refractivity contribution in [2.45, 2.75) is 25.8 Å². The predicted octanol–water partition coefficient (Wildman–Crippen LogP) is 2.24. The van der Waals surface area contributed by atoms with Crippen LogP contribution < -0.4 is 5.32 Å². The van der Waals surface area contributed by atoms with Gasteiger partial charge in [0, 0.05) is 0 Å². The van der Waals surface area contributed by atoms with Crippen LogP contribution in [0.15, 0.2) is 42.5 Å². The van der Waals surface area contributed by atoms with Gasteiger partial charge in [-0.25, -0.2) is 4.79 Å². The molecule has 0 fully saturated rings. The lowest BCUT2D eigenvalue weighted by Gasteiger charge is -2.22. The summed E-state index contributed by atoms with van der Waals surface area (Å²) in [6, 6.07) is 12.7. The quantitative estimate of drug-likeness (QED) is 0.769. The van der Waals surface area contributed by atoms with Crippen LogP contribution in [0, 0.1) is 5.92 Å². The Morgan fingerprint density at radius 2 is 1.69 bits per heavy atom. The normalized spacial score (nSPS) is 12.9. The van der Waals surface area contributed by atoms with Crippen molar-refractivity contribution in [1.82, 2.24) is 5.32 Å². The van der Waals surface area contributed by atoms with Crippen LogP contribution in [0.1, 0.15) is 18.9 Å². The Labute approximate surface area is 152 Å². The molecule has 6 nitrogen and oxygen atoms in total. The average molecular weight is 357 g/mol. The summed E-state index contributed by atoms with van der Waals surface area (Å²) in [6.07, 6.45) is 0.135.